The molecular weight excluding hydrogens is 429 g/mol. The van der Waals surface area contributed by atoms with Crippen LogP contribution in [0.5, 0.6) is 5.75 Å². The first-order valence-corrected chi connectivity index (χ1v) is 10.7. The predicted octanol–water partition coefficient (Wildman–Crippen LogP) is 2.69. The van der Waals surface area contributed by atoms with Gasteiger partial charge >= 0.3 is 12.1 Å². The number of carboxylic acid groups (broad SMARTS) is 1. The number of halogens is 3. The van der Waals surface area contributed by atoms with Crippen molar-refractivity contribution in [1.29, 1.82) is 0 Å². The number of nitrogens with one attached hydrogen (secondary N) is 1. The van der Waals surface area contributed by atoms with Gasteiger partial charge in [0, 0.05) is 31.5 Å². The first-order valence-electron chi connectivity index (χ1n) is 10.7. The van der Waals surface area contributed by atoms with Crippen LogP contribution in [0.4, 0.5) is 13.2 Å². The van der Waals surface area contributed by atoms with Crippen molar-refractivity contribution >= 4 is 11.9 Å². The van der Waals surface area contributed by atoms with Crippen LogP contribution in [0.25, 0.3) is 0 Å². The molecule has 2 saturated heterocycles. The van der Waals surface area contributed by atoms with E-state index >= 15 is 0 Å². The summed E-state index contributed by atoms with van der Waals surface area (Å²) in [5.74, 6) is -0.180. The van der Waals surface area contributed by atoms with Crippen molar-refractivity contribution in [3.05, 3.63) is 29.8 Å². The molecule has 0 aromatic heterocycles. The molecule has 2 aliphatic heterocycles. The van der Waals surface area contributed by atoms with E-state index < -0.39 is 12.1 Å². The first kappa shape index (κ1) is 24.3. The highest BCUT2D eigenvalue weighted by molar-refractivity contribution is 5.80. The Kier molecular flexibility index (Phi) is 8.00. The molecule has 0 unspecified atom stereocenters. The molecule has 2 N–H and O–H groups in total. The molecule has 1 aliphatic carbocycles. The molecule has 1 saturated carbocycles. The molecule has 10 heteroatoms. The number of aliphatic carboxylic acids is 1. The summed E-state index contributed by atoms with van der Waals surface area (Å²) in [4.78, 5) is 23.3. The molecule has 4 rings (SSSR count). The second kappa shape index (κ2) is 10.5. The maximum absolute atomic E-state index is 11.9. The summed E-state index contributed by atoms with van der Waals surface area (Å²) in [5, 5.41) is 10.2. The van der Waals surface area contributed by atoms with E-state index in [-0.39, 0.29) is 17.9 Å². The maximum atomic E-state index is 11.9. The number of carbonyl (C=O) groups is 2. The molecule has 0 bridgehead atoms. The Morgan fingerprint density at radius 3 is 2.44 bits per heavy atom. The molecule has 0 spiro atoms. The lowest BCUT2D eigenvalue weighted by atomic mass is 9.84. The van der Waals surface area contributed by atoms with Crippen molar-refractivity contribution in [2.45, 2.75) is 38.1 Å². The van der Waals surface area contributed by atoms with Gasteiger partial charge in [-0.3, -0.25) is 9.69 Å². The van der Waals surface area contributed by atoms with Crippen LogP contribution >= 0.6 is 0 Å². The van der Waals surface area contributed by atoms with Crippen LogP contribution in [-0.2, 0) is 20.9 Å². The zero-order valence-electron chi connectivity index (χ0n) is 17.9. The number of benzene rings is 1. The third-order valence-corrected chi connectivity index (χ3v) is 6.13. The molecule has 1 amide bonds. The van der Waals surface area contributed by atoms with Crippen LogP contribution in [0.2, 0.25) is 0 Å². The van der Waals surface area contributed by atoms with E-state index in [0.29, 0.717) is 18.4 Å². The number of nitrogens with zero attached hydrogens (tertiary/aromatic N) is 1. The Hall–Kier alpha value is -2.33. The Morgan fingerprint density at radius 2 is 1.88 bits per heavy atom. The lowest BCUT2D eigenvalue weighted by Crippen LogP contribution is -2.45. The minimum atomic E-state index is -5.08. The maximum Gasteiger partial charge on any atom is 0.490 e. The van der Waals surface area contributed by atoms with Crippen molar-refractivity contribution in [1.82, 2.24) is 10.2 Å². The van der Waals surface area contributed by atoms with E-state index in [1.165, 1.54) is 12.0 Å². The number of fused-ring (bicyclic) bond motifs is 1. The van der Waals surface area contributed by atoms with Gasteiger partial charge in [-0.1, -0.05) is 12.1 Å². The summed E-state index contributed by atoms with van der Waals surface area (Å²) in [6, 6.07) is 8.33. The predicted molar refractivity (Wildman–Crippen MR) is 109 cm³/mol. The highest BCUT2D eigenvalue weighted by Gasteiger charge is 2.41. The third kappa shape index (κ3) is 6.83. The molecule has 3 atom stereocenters. The van der Waals surface area contributed by atoms with Gasteiger partial charge in [-0.05, 0) is 49.4 Å². The fourth-order valence-electron chi connectivity index (χ4n) is 4.13. The van der Waals surface area contributed by atoms with Gasteiger partial charge in [0.2, 0.25) is 5.91 Å². The first-order chi connectivity index (χ1) is 15.2. The van der Waals surface area contributed by atoms with Crippen molar-refractivity contribution in [3.8, 4) is 5.75 Å². The van der Waals surface area contributed by atoms with E-state index in [9.17, 15) is 18.0 Å². The number of piperidine rings is 1. The summed E-state index contributed by atoms with van der Waals surface area (Å²) in [7, 11) is 1.70. The number of carboxylic acids is 1. The number of likely N-dealkylation sites (tertiary alicyclic amines) is 1. The Labute approximate surface area is 184 Å². The Bertz CT molecular complexity index is 783. The van der Waals surface area contributed by atoms with Crippen molar-refractivity contribution in [2.24, 2.45) is 17.8 Å². The van der Waals surface area contributed by atoms with Crippen LogP contribution in [0.1, 0.15) is 24.8 Å². The number of carbonyl (C=O) groups excluding carboxylic acids is 1. The molecule has 0 radical (unpaired) electrons. The average molecular weight is 458 g/mol. The number of methoxy groups -OCH3 is 1. The largest absolute Gasteiger partial charge is 0.497 e. The average Bonchev–Trinajstić information content (AvgIpc) is 3.53. The highest BCUT2D eigenvalue weighted by Crippen LogP contribution is 2.35. The van der Waals surface area contributed by atoms with Gasteiger partial charge in [-0.15, -0.1) is 0 Å². The van der Waals surface area contributed by atoms with Crippen LogP contribution in [-0.4, -0.2) is 67.5 Å². The van der Waals surface area contributed by atoms with Gasteiger partial charge in [-0.2, -0.15) is 13.2 Å². The van der Waals surface area contributed by atoms with Crippen LogP contribution in [0.3, 0.4) is 0 Å². The van der Waals surface area contributed by atoms with Gasteiger partial charge in [0.15, 0.2) is 0 Å². The van der Waals surface area contributed by atoms with Crippen LogP contribution in [0.15, 0.2) is 24.3 Å². The number of amides is 1. The summed E-state index contributed by atoms with van der Waals surface area (Å²) >= 11 is 0. The molecule has 7 nitrogen and oxygen atoms in total. The topological polar surface area (TPSA) is 88.1 Å². The fourth-order valence-corrected chi connectivity index (χ4v) is 4.13. The van der Waals surface area contributed by atoms with E-state index in [1.54, 1.807) is 7.11 Å². The van der Waals surface area contributed by atoms with Crippen LogP contribution in [0, 0.1) is 17.8 Å². The molecule has 2 heterocycles. The highest BCUT2D eigenvalue weighted by atomic mass is 19.4. The quantitative estimate of drug-likeness (QED) is 0.682. The number of ether oxygens (including phenoxy) is 2. The smallest absolute Gasteiger partial charge is 0.490 e. The molecule has 3 fully saturated rings. The molecule has 178 valence electrons. The van der Waals surface area contributed by atoms with Crippen molar-refractivity contribution < 1.29 is 37.3 Å². The Morgan fingerprint density at radius 1 is 1.22 bits per heavy atom. The number of alkyl halides is 3. The molecule has 3 aliphatic rings. The molecule has 1 aromatic carbocycles. The Balaban J connectivity index is 0.000000360. The summed E-state index contributed by atoms with van der Waals surface area (Å²) in [6.07, 6.45) is -1.61. The lowest BCUT2D eigenvalue weighted by molar-refractivity contribution is -0.192. The van der Waals surface area contributed by atoms with E-state index in [0.717, 1.165) is 44.8 Å². The van der Waals surface area contributed by atoms with Crippen LogP contribution < -0.4 is 10.1 Å². The number of hydrogen-bond acceptors (Lipinski definition) is 5. The minimum absolute atomic E-state index is 0.173. The van der Waals surface area contributed by atoms with Gasteiger partial charge in [-0.25, -0.2) is 4.79 Å². The van der Waals surface area contributed by atoms with Gasteiger partial charge in [0.05, 0.1) is 19.8 Å². The van der Waals surface area contributed by atoms with Gasteiger partial charge in [0.25, 0.3) is 0 Å². The van der Waals surface area contributed by atoms with Gasteiger partial charge < -0.3 is 19.9 Å². The number of hydrogen-bond donors (Lipinski definition) is 2. The van der Waals surface area contributed by atoms with E-state index in [1.807, 2.05) is 12.1 Å². The van der Waals surface area contributed by atoms with Crippen molar-refractivity contribution in [2.75, 3.05) is 33.4 Å². The van der Waals surface area contributed by atoms with Crippen molar-refractivity contribution in [3.63, 3.8) is 0 Å². The zero-order chi connectivity index (χ0) is 23.3. The molecular formula is C22H29F3N2O5. The molecule has 32 heavy (non-hydrogen) atoms. The van der Waals surface area contributed by atoms with E-state index in [4.69, 9.17) is 19.4 Å². The van der Waals surface area contributed by atoms with Gasteiger partial charge in [0.1, 0.15) is 5.75 Å². The summed E-state index contributed by atoms with van der Waals surface area (Å²) in [6.45, 7) is 4.67. The second-order valence-electron chi connectivity index (χ2n) is 8.49. The second-order valence-corrected chi connectivity index (χ2v) is 8.49. The summed E-state index contributed by atoms with van der Waals surface area (Å²) in [5.41, 5.74) is 1.32. The standard InChI is InChI=1S/C20H28N2O3.C2HF3O2/c1-24-17-6-2-14(3-7-17)11-22-9-8-16-13-25-19(18(16)12-22)10-21-20(23)15-4-5-15;3-2(4,5)1(6)7/h2-3,6-7,15-16,18-19H,4-5,8-13H2,1H3,(H,21,23);(H,6,7)/t16-,18-,19+;/m0./s1. The SMILES string of the molecule is COc1ccc(CN2CC[C@H]3CO[C@H](CNC(=O)C4CC4)[C@H]3C2)cc1.O=C(O)C(F)(F)F. The molecule has 1 aromatic rings. The van der Waals surface area contributed by atoms with E-state index in [2.05, 4.69) is 22.3 Å². The lowest BCUT2D eigenvalue weighted by Gasteiger charge is -2.36. The number of rotatable bonds is 6. The summed E-state index contributed by atoms with van der Waals surface area (Å²) < 4.78 is 43.0. The minimum Gasteiger partial charge on any atom is -0.497 e. The third-order valence-electron chi connectivity index (χ3n) is 6.13. The fraction of sp³-hybridized carbons (Fsp3) is 0.636. The zero-order valence-corrected chi connectivity index (χ0v) is 17.9. The normalized spacial score (nSPS) is 25.3. The monoisotopic (exact) mass is 458 g/mol.